The molecule has 0 bridgehead atoms. The summed E-state index contributed by atoms with van der Waals surface area (Å²) in [6.07, 6.45) is 0. The number of phenols is 1. The molecule has 3 heteroatoms. The molecule has 0 aliphatic rings. The summed E-state index contributed by atoms with van der Waals surface area (Å²) in [7, 11) is 0. The van der Waals surface area contributed by atoms with E-state index in [1.807, 2.05) is 18.2 Å². The number of benzene rings is 2. The highest BCUT2D eigenvalue weighted by Gasteiger charge is 2.04. The summed E-state index contributed by atoms with van der Waals surface area (Å²) in [6.45, 7) is 4.72. The fourth-order valence-electron chi connectivity index (χ4n) is 1.75. The van der Waals surface area contributed by atoms with Crippen molar-refractivity contribution in [1.29, 1.82) is 0 Å². The third kappa shape index (κ3) is 2.77. The van der Waals surface area contributed by atoms with Crippen LogP contribution >= 0.6 is 11.6 Å². The Labute approximate surface area is 112 Å². The van der Waals surface area contributed by atoms with Crippen LogP contribution in [0.5, 0.6) is 5.75 Å². The predicted molar refractivity (Wildman–Crippen MR) is 76.4 cm³/mol. The van der Waals surface area contributed by atoms with Gasteiger partial charge in [0.2, 0.25) is 0 Å². The molecule has 2 nitrogen and oxygen atoms in total. The number of aromatic hydroxyl groups is 1. The summed E-state index contributed by atoms with van der Waals surface area (Å²) in [5, 5.41) is 13.5. The third-order valence-corrected chi connectivity index (χ3v) is 3.37. The van der Waals surface area contributed by atoms with E-state index in [1.54, 1.807) is 6.07 Å². The Bertz CT molecular complexity index is 566. The first-order chi connectivity index (χ1) is 8.58. The van der Waals surface area contributed by atoms with Crippen LogP contribution in [0.25, 0.3) is 0 Å². The quantitative estimate of drug-likeness (QED) is 0.865. The Hall–Kier alpha value is -1.67. The molecule has 2 rings (SSSR count). The van der Waals surface area contributed by atoms with Crippen molar-refractivity contribution < 1.29 is 5.11 Å². The second-order valence-corrected chi connectivity index (χ2v) is 4.81. The van der Waals surface area contributed by atoms with Crippen molar-refractivity contribution >= 4 is 17.3 Å². The summed E-state index contributed by atoms with van der Waals surface area (Å²) in [5.74, 6) is 0.149. The number of para-hydroxylation sites is 1. The number of anilines is 1. The van der Waals surface area contributed by atoms with Crippen LogP contribution in [-0.4, -0.2) is 5.11 Å². The first-order valence-electron chi connectivity index (χ1n) is 5.85. The lowest BCUT2D eigenvalue weighted by atomic mass is 10.1. The summed E-state index contributed by atoms with van der Waals surface area (Å²) in [6, 6.07) is 11.6. The van der Waals surface area contributed by atoms with Crippen LogP contribution in [-0.2, 0) is 6.54 Å². The molecule has 0 spiro atoms. The molecule has 0 fully saturated rings. The molecule has 0 atom stereocenters. The monoisotopic (exact) mass is 261 g/mol. The molecule has 0 saturated heterocycles. The summed E-state index contributed by atoms with van der Waals surface area (Å²) in [5.41, 5.74) is 4.35. The number of hydrogen-bond acceptors (Lipinski definition) is 2. The lowest BCUT2D eigenvalue weighted by Gasteiger charge is -2.10. The topological polar surface area (TPSA) is 32.3 Å². The number of nitrogens with one attached hydrogen (secondary N) is 1. The molecule has 0 aliphatic heterocycles. The van der Waals surface area contributed by atoms with Crippen molar-refractivity contribution in [2.75, 3.05) is 5.32 Å². The van der Waals surface area contributed by atoms with Gasteiger partial charge in [-0.2, -0.15) is 0 Å². The third-order valence-electron chi connectivity index (χ3n) is 3.06. The zero-order valence-electron chi connectivity index (χ0n) is 10.5. The molecule has 0 aliphatic carbocycles. The molecule has 2 aromatic rings. The van der Waals surface area contributed by atoms with Crippen molar-refractivity contribution in [3.8, 4) is 5.75 Å². The largest absolute Gasteiger partial charge is 0.506 e. The van der Waals surface area contributed by atoms with Crippen molar-refractivity contribution in [1.82, 2.24) is 0 Å². The van der Waals surface area contributed by atoms with Gasteiger partial charge in [-0.15, -0.1) is 0 Å². The zero-order valence-corrected chi connectivity index (χ0v) is 11.3. The molecule has 0 unspecified atom stereocenters. The number of aryl methyl sites for hydroxylation is 2. The van der Waals surface area contributed by atoms with Crippen LogP contribution in [0, 0.1) is 13.8 Å². The number of rotatable bonds is 3. The first kappa shape index (κ1) is 12.8. The molecule has 18 heavy (non-hydrogen) atoms. The molecule has 2 N–H and O–H groups in total. The van der Waals surface area contributed by atoms with E-state index in [0.717, 1.165) is 11.3 Å². The molecule has 0 aromatic heterocycles. The minimum absolute atomic E-state index is 0.149. The molecule has 94 valence electrons. The van der Waals surface area contributed by atoms with E-state index in [4.69, 9.17) is 11.6 Å². The Morgan fingerprint density at radius 2 is 1.89 bits per heavy atom. The predicted octanol–water partition coefficient (Wildman–Crippen LogP) is 4.27. The van der Waals surface area contributed by atoms with E-state index >= 15 is 0 Å². The number of phenolic OH excluding ortho intramolecular Hbond substituents is 1. The van der Waals surface area contributed by atoms with Crippen LogP contribution in [0.3, 0.4) is 0 Å². The number of halogens is 1. The summed E-state index contributed by atoms with van der Waals surface area (Å²) in [4.78, 5) is 0. The van der Waals surface area contributed by atoms with Gasteiger partial charge in [0.1, 0.15) is 5.75 Å². The van der Waals surface area contributed by atoms with Crippen LogP contribution in [0.15, 0.2) is 36.4 Å². The van der Waals surface area contributed by atoms with Crippen LogP contribution < -0.4 is 5.32 Å². The fourth-order valence-corrected chi connectivity index (χ4v) is 1.95. The van der Waals surface area contributed by atoms with Crippen molar-refractivity contribution in [2.45, 2.75) is 20.4 Å². The van der Waals surface area contributed by atoms with Gasteiger partial charge in [0.05, 0.1) is 5.02 Å². The highest BCUT2D eigenvalue weighted by Crippen LogP contribution is 2.27. The Morgan fingerprint density at radius 3 is 2.61 bits per heavy atom. The van der Waals surface area contributed by atoms with Gasteiger partial charge in [0.15, 0.2) is 0 Å². The van der Waals surface area contributed by atoms with E-state index < -0.39 is 0 Å². The van der Waals surface area contributed by atoms with Gasteiger partial charge in [-0.1, -0.05) is 29.8 Å². The molecule has 0 amide bonds. The van der Waals surface area contributed by atoms with Gasteiger partial charge >= 0.3 is 0 Å². The zero-order chi connectivity index (χ0) is 13.1. The highest BCUT2D eigenvalue weighted by molar-refractivity contribution is 6.32. The second kappa shape index (κ2) is 5.32. The van der Waals surface area contributed by atoms with Crippen LogP contribution in [0.2, 0.25) is 5.02 Å². The maximum atomic E-state index is 9.80. The second-order valence-electron chi connectivity index (χ2n) is 4.40. The highest BCUT2D eigenvalue weighted by atomic mass is 35.5. The van der Waals surface area contributed by atoms with E-state index in [1.165, 1.54) is 11.1 Å². The smallest absolute Gasteiger partial charge is 0.139 e. The number of hydrogen-bond donors (Lipinski definition) is 2. The molecule has 0 saturated carbocycles. The van der Waals surface area contributed by atoms with E-state index in [9.17, 15) is 5.11 Å². The molecule has 2 aromatic carbocycles. The lowest BCUT2D eigenvalue weighted by Crippen LogP contribution is -2.00. The molecule has 0 heterocycles. The minimum Gasteiger partial charge on any atom is -0.506 e. The van der Waals surface area contributed by atoms with Crippen LogP contribution in [0.1, 0.15) is 16.7 Å². The Kier molecular flexibility index (Phi) is 3.78. The van der Waals surface area contributed by atoms with Gasteiger partial charge in [0.25, 0.3) is 0 Å². The lowest BCUT2D eigenvalue weighted by molar-refractivity contribution is 0.469. The Morgan fingerprint density at radius 1 is 1.11 bits per heavy atom. The SMILES string of the molecule is Cc1ccc(NCc2cccc(Cl)c2O)cc1C. The Balaban J connectivity index is 2.11. The maximum absolute atomic E-state index is 9.80. The molecular weight excluding hydrogens is 246 g/mol. The average Bonchev–Trinajstić information content (AvgIpc) is 2.35. The van der Waals surface area contributed by atoms with Crippen molar-refractivity contribution in [3.05, 3.63) is 58.1 Å². The minimum atomic E-state index is 0.149. The maximum Gasteiger partial charge on any atom is 0.139 e. The van der Waals surface area contributed by atoms with Gasteiger partial charge in [-0.3, -0.25) is 0 Å². The normalized spacial score (nSPS) is 10.4. The standard InChI is InChI=1S/C15H16ClNO/c1-10-6-7-13(8-11(10)2)17-9-12-4-3-5-14(16)15(12)18/h3-8,17-18H,9H2,1-2H3. The van der Waals surface area contributed by atoms with Crippen molar-refractivity contribution in [3.63, 3.8) is 0 Å². The van der Waals surface area contributed by atoms with E-state index in [2.05, 4.69) is 31.3 Å². The van der Waals surface area contributed by atoms with Gasteiger partial charge in [0, 0.05) is 17.8 Å². The first-order valence-corrected chi connectivity index (χ1v) is 6.23. The van der Waals surface area contributed by atoms with Gasteiger partial charge in [-0.05, 0) is 43.2 Å². The van der Waals surface area contributed by atoms with E-state index in [-0.39, 0.29) is 5.75 Å². The average molecular weight is 262 g/mol. The van der Waals surface area contributed by atoms with Gasteiger partial charge < -0.3 is 10.4 Å². The van der Waals surface area contributed by atoms with E-state index in [0.29, 0.717) is 11.6 Å². The summed E-state index contributed by atoms with van der Waals surface area (Å²) >= 11 is 5.86. The fraction of sp³-hybridized carbons (Fsp3) is 0.200. The van der Waals surface area contributed by atoms with Crippen molar-refractivity contribution in [2.24, 2.45) is 0 Å². The van der Waals surface area contributed by atoms with Gasteiger partial charge in [-0.25, -0.2) is 0 Å². The molecule has 0 radical (unpaired) electrons. The summed E-state index contributed by atoms with van der Waals surface area (Å²) < 4.78 is 0. The molecular formula is C15H16ClNO. The van der Waals surface area contributed by atoms with Crippen LogP contribution in [0.4, 0.5) is 5.69 Å².